The van der Waals surface area contributed by atoms with Gasteiger partial charge in [0.05, 0.1) is 17.9 Å². The normalized spacial score (nSPS) is 11.3. The van der Waals surface area contributed by atoms with Crippen molar-refractivity contribution in [2.24, 2.45) is 0 Å². The van der Waals surface area contributed by atoms with E-state index in [1.807, 2.05) is 20.8 Å². The van der Waals surface area contributed by atoms with Gasteiger partial charge in [-0.25, -0.2) is 9.18 Å². The van der Waals surface area contributed by atoms with Crippen LogP contribution in [0.4, 0.5) is 4.39 Å². The smallest absolute Gasteiger partial charge is 0.338 e. The fourth-order valence-electron chi connectivity index (χ4n) is 2.42. The summed E-state index contributed by atoms with van der Waals surface area (Å²) in [6.07, 6.45) is 4.52. The standard InChI is InChI=1S/C21H25BrFNO3/c1-21(2,3)27-20(25)15-9-11-24-18(13-15)17-8-7-16(23)14-19(17)26-12-6-4-5-10-22/h7-9,11,13-14H,4-6,10,12H2,1-3H3. The first-order valence-electron chi connectivity index (χ1n) is 8.98. The van der Waals surface area contributed by atoms with Crippen LogP contribution in [-0.2, 0) is 4.74 Å². The number of aromatic nitrogens is 1. The maximum absolute atomic E-state index is 13.7. The van der Waals surface area contributed by atoms with Gasteiger partial charge < -0.3 is 9.47 Å². The topological polar surface area (TPSA) is 48.4 Å². The molecule has 0 N–H and O–H groups in total. The average molecular weight is 438 g/mol. The summed E-state index contributed by atoms with van der Waals surface area (Å²) < 4.78 is 24.9. The van der Waals surface area contributed by atoms with Crippen molar-refractivity contribution in [3.05, 3.63) is 47.9 Å². The van der Waals surface area contributed by atoms with Crippen LogP contribution < -0.4 is 4.74 Å². The van der Waals surface area contributed by atoms with Crippen molar-refractivity contribution >= 4 is 21.9 Å². The van der Waals surface area contributed by atoms with Gasteiger partial charge in [0.15, 0.2) is 0 Å². The quantitative estimate of drug-likeness (QED) is 0.298. The van der Waals surface area contributed by atoms with Crippen molar-refractivity contribution in [1.29, 1.82) is 0 Å². The van der Waals surface area contributed by atoms with Crippen LogP contribution >= 0.6 is 15.9 Å². The van der Waals surface area contributed by atoms with Crippen molar-refractivity contribution in [3.63, 3.8) is 0 Å². The Morgan fingerprint density at radius 3 is 2.63 bits per heavy atom. The minimum absolute atomic E-state index is 0.377. The second-order valence-corrected chi connectivity index (χ2v) is 7.96. The highest BCUT2D eigenvalue weighted by atomic mass is 79.9. The van der Waals surface area contributed by atoms with E-state index in [1.165, 1.54) is 18.3 Å². The fourth-order valence-corrected chi connectivity index (χ4v) is 2.82. The third-order valence-electron chi connectivity index (χ3n) is 3.65. The van der Waals surface area contributed by atoms with Gasteiger partial charge in [-0.1, -0.05) is 15.9 Å². The van der Waals surface area contributed by atoms with Gasteiger partial charge >= 0.3 is 5.97 Å². The van der Waals surface area contributed by atoms with Crippen LogP contribution in [0.25, 0.3) is 11.3 Å². The molecule has 0 saturated carbocycles. The molecule has 2 rings (SSSR count). The number of hydrogen-bond acceptors (Lipinski definition) is 4. The Bertz CT molecular complexity index is 774. The van der Waals surface area contributed by atoms with Crippen LogP contribution in [0.1, 0.15) is 50.4 Å². The number of ether oxygens (including phenoxy) is 2. The first-order chi connectivity index (χ1) is 12.8. The molecule has 4 nitrogen and oxygen atoms in total. The first-order valence-corrected chi connectivity index (χ1v) is 10.1. The Balaban J connectivity index is 2.22. The summed E-state index contributed by atoms with van der Waals surface area (Å²) in [4.78, 5) is 16.6. The molecule has 0 atom stereocenters. The van der Waals surface area contributed by atoms with E-state index in [1.54, 1.807) is 18.2 Å². The molecule has 0 aliphatic rings. The van der Waals surface area contributed by atoms with Gasteiger partial charge in [-0.2, -0.15) is 0 Å². The molecule has 1 aromatic carbocycles. The summed E-state index contributed by atoms with van der Waals surface area (Å²) in [6, 6.07) is 7.56. The first kappa shape index (κ1) is 21.4. The molecule has 146 valence electrons. The van der Waals surface area contributed by atoms with Crippen LogP contribution in [0, 0.1) is 5.82 Å². The van der Waals surface area contributed by atoms with Gasteiger partial charge in [-0.3, -0.25) is 4.98 Å². The van der Waals surface area contributed by atoms with Gasteiger partial charge in [0, 0.05) is 23.2 Å². The number of alkyl halides is 1. The predicted octanol–water partition coefficient (Wildman–Crippen LogP) is 5.79. The van der Waals surface area contributed by atoms with Crippen molar-refractivity contribution in [2.45, 2.75) is 45.6 Å². The van der Waals surface area contributed by atoms with Crippen molar-refractivity contribution < 1.29 is 18.7 Å². The zero-order valence-electron chi connectivity index (χ0n) is 15.9. The minimum atomic E-state index is -0.584. The molecule has 0 fully saturated rings. The van der Waals surface area contributed by atoms with Crippen LogP contribution in [0.3, 0.4) is 0 Å². The largest absolute Gasteiger partial charge is 0.493 e. The summed E-state index contributed by atoms with van der Waals surface area (Å²) >= 11 is 3.40. The van der Waals surface area contributed by atoms with Gasteiger partial charge in [0.1, 0.15) is 17.2 Å². The molecule has 0 aliphatic heterocycles. The fraction of sp³-hybridized carbons (Fsp3) is 0.429. The van der Waals surface area contributed by atoms with Crippen molar-refractivity contribution in [1.82, 2.24) is 4.98 Å². The van der Waals surface area contributed by atoms with E-state index in [4.69, 9.17) is 9.47 Å². The number of esters is 1. The van der Waals surface area contributed by atoms with E-state index in [-0.39, 0.29) is 5.82 Å². The SMILES string of the molecule is CC(C)(C)OC(=O)c1ccnc(-c2ccc(F)cc2OCCCCCBr)c1. The molecule has 2 aromatic rings. The van der Waals surface area contributed by atoms with Crippen molar-refractivity contribution in [3.8, 4) is 17.0 Å². The molecule has 0 saturated heterocycles. The lowest BCUT2D eigenvalue weighted by Gasteiger charge is -2.19. The minimum Gasteiger partial charge on any atom is -0.493 e. The molecule has 0 aliphatic carbocycles. The zero-order chi connectivity index (χ0) is 19.9. The second-order valence-electron chi connectivity index (χ2n) is 7.17. The Morgan fingerprint density at radius 2 is 1.93 bits per heavy atom. The molecule has 0 bridgehead atoms. The molecular weight excluding hydrogens is 413 g/mol. The summed E-state index contributed by atoms with van der Waals surface area (Å²) in [5.74, 6) is -0.384. The third kappa shape index (κ3) is 6.94. The number of rotatable bonds is 8. The Kier molecular flexibility index (Phi) is 7.78. The maximum atomic E-state index is 13.7. The second kappa shape index (κ2) is 9.83. The zero-order valence-corrected chi connectivity index (χ0v) is 17.5. The van der Waals surface area contributed by atoms with Crippen LogP contribution in [0.5, 0.6) is 5.75 Å². The highest BCUT2D eigenvalue weighted by Gasteiger charge is 2.19. The van der Waals surface area contributed by atoms with Crippen molar-refractivity contribution in [2.75, 3.05) is 11.9 Å². The molecule has 1 heterocycles. The van der Waals surface area contributed by atoms with Crippen LogP contribution in [0.15, 0.2) is 36.5 Å². The summed E-state index contributed by atoms with van der Waals surface area (Å²) in [7, 11) is 0. The van der Waals surface area contributed by atoms with E-state index in [0.29, 0.717) is 29.2 Å². The van der Waals surface area contributed by atoms with E-state index in [0.717, 1.165) is 24.6 Å². The summed E-state index contributed by atoms with van der Waals surface area (Å²) in [5, 5.41) is 0.958. The van der Waals surface area contributed by atoms with Crippen LogP contribution in [-0.4, -0.2) is 28.5 Å². The Labute approximate surface area is 168 Å². The lowest BCUT2D eigenvalue weighted by molar-refractivity contribution is 0.00694. The average Bonchev–Trinajstić information content (AvgIpc) is 2.60. The number of carbonyl (C=O) groups excluding carboxylic acids is 1. The number of halogens is 2. The van der Waals surface area contributed by atoms with Gasteiger partial charge in [0.25, 0.3) is 0 Å². The summed E-state index contributed by atoms with van der Waals surface area (Å²) in [6.45, 7) is 5.94. The molecule has 0 spiro atoms. The van der Waals surface area contributed by atoms with Gasteiger partial charge in [-0.05, 0) is 64.3 Å². The number of unbranched alkanes of at least 4 members (excludes halogenated alkanes) is 2. The molecule has 0 amide bonds. The molecule has 1 aromatic heterocycles. The van der Waals surface area contributed by atoms with E-state index >= 15 is 0 Å². The highest BCUT2D eigenvalue weighted by molar-refractivity contribution is 9.09. The number of nitrogens with zero attached hydrogens (tertiary/aromatic N) is 1. The molecular formula is C21H25BrFNO3. The maximum Gasteiger partial charge on any atom is 0.338 e. The molecule has 6 heteroatoms. The monoisotopic (exact) mass is 437 g/mol. The Hall–Kier alpha value is -1.95. The van der Waals surface area contributed by atoms with Crippen LogP contribution in [0.2, 0.25) is 0 Å². The van der Waals surface area contributed by atoms with E-state index in [2.05, 4.69) is 20.9 Å². The number of hydrogen-bond donors (Lipinski definition) is 0. The van der Waals surface area contributed by atoms with E-state index in [9.17, 15) is 9.18 Å². The highest BCUT2D eigenvalue weighted by Crippen LogP contribution is 2.30. The number of pyridine rings is 1. The van der Waals surface area contributed by atoms with Gasteiger partial charge in [0.2, 0.25) is 0 Å². The summed E-state index contributed by atoms with van der Waals surface area (Å²) in [5.41, 5.74) is 0.985. The third-order valence-corrected chi connectivity index (χ3v) is 4.21. The Morgan fingerprint density at radius 1 is 1.15 bits per heavy atom. The molecule has 0 radical (unpaired) electrons. The van der Waals surface area contributed by atoms with Gasteiger partial charge in [-0.15, -0.1) is 0 Å². The molecule has 27 heavy (non-hydrogen) atoms. The molecule has 0 unspecified atom stereocenters. The number of carbonyl (C=O) groups is 1. The predicted molar refractivity (Wildman–Crippen MR) is 108 cm³/mol. The lowest BCUT2D eigenvalue weighted by Crippen LogP contribution is -2.23. The number of benzene rings is 1. The van der Waals surface area contributed by atoms with E-state index < -0.39 is 11.6 Å². The lowest BCUT2D eigenvalue weighted by atomic mass is 10.1.